The molecule has 4 rings (SSSR count). The third kappa shape index (κ3) is 4.73. The fraction of sp³-hybridized carbons (Fsp3) is 0.120. The number of carbonyl (C=O) groups excluding carboxylic acids is 1. The molecule has 0 atom stereocenters. The first-order valence-electron chi connectivity index (χ1n) is 10.1. The second kappa shape index (κ2) is 9.26. The van der Waals surface area contributed by atoms with Gasteiger partial charge in [-0.1, -0.05) is 17.7 Å². The van der Waals surface area contributed by atoms with Gasteiger partial charge in [0.15, 0.2) is 11.5 Å². The van der Waals surface area contributed by atoms with Crippen LogP contribution in [0.1, 0.15) is 5.56 Å². The minimum Gasteiger partial charge on any atom is -0.493 e. The highest BCUT2D eigenvalue weighted by atomic mass is 16.5. The number of nitrogens with one attached hydrogen (secondary N) is 3. The van der Waals surface area contributed by atoms with Gasteiger partial charge < -0.3 is 25.4 Å². The molecular weight excluding hydrogens is 404 g/mol. The lowest BCUT2D eigenvalue weighted by molar-refractivity contribution is 0.262. The average Bonchev–Trinajstić information content (AvgIpc) is 2.81. The number of hydrogen-bond donors (Lipinski definition) is 3. The lowest BCUT2D eigenvalue weighted by atomic mass is 10.1. The van der Waals surface area contributed by atoms with Crippen LogP contribution in [-0.4, -0.2) is 25.2 Å². The summed E-state index contributed by atoms with van der Waals surface area (Å²) in [5, 5.41) is 9.96. The zero-order chi connectivity index (χ0) is 22.5. The Hall–Kier alpha value is -4.26. The van der Waals surface area contributed by atoms with E-state index in [0.717, 1.165) is 33.5 Å². The Labute approximate surface area is 186 Å². The van der Waals surface area contributed by atoms with Gasteiger partial charge in [0.1, 0.15) is 0 Å². The lowest BCUT2D eigenvalue weighted by Crippen LogP contribution is -2.19. The van der Waals surface area contributed by atoms with Crippen molar-refractivity contribution < 1.29 is 14.3 Å². The average molecular weight is 428 g/mol. The summed E-state index contributed by atoms with van der Waals surface area (Å²) in [7, 11) is 3.20. The van der Waals surface area contributed by atoms with Crippen LogP contribution < -0.4 is 25.4 Å². The molecule has 1 heterocycles. The number of hydrogen-bond acceptors (Lipinski definition) is 5. The van der Waals surface area contributed by atoms with Gasteiger partial charge in [-0.15, -0.1) is 0 Å². The smallest absolute Gasteiger partial charge is 0.323 e. The minimum absolute atomic E-state index is 0.296. The number of ether oxygens (including phenoxy) is 2. The molecule has 1 aromatic heterocycles. The van der Waals surface area contributed by atoms with E-state index in [9.17, 15) is 4.79 Å². The minimum atomic E-state index is -0.296. The zero-order valence-electron chi connectivity index (χ0n) is 18.1. The van der Waals surface area contributed by atoms with Gasteiger partial charge in [0.2, 0.25) is 0 Å². The summed E-state index contributed by atoms with van der Waals surface area (Å²) >= 11 is 0. The molecule has 4 aromatic rings. The number of carbonyl (C=O) groups is 1. The molecule has 0 saturated carbocycles. The van der Waals surface area contributed by atoms with E-state index in [4.69, 9.17) is 9.47 Å². The second-order valence-corrected chi connectivity index (χ2v) is 7.23. The Bertz CT molecular complexity index is 1240. The summed E-state index contributed by atoms with van der Waals surface area (Å²) in [4.78, 5) is 16.7. The van der Waals surface area contributed by atoms with Crippen LogP contribution in [0.15, 0.2) is 72.9 Å². The van der Waals surface area contributed by atoms with Crippen LogP contribution in [0.2, 0.25) is 0 Å². The van der Waals surface area contributed by atoms with Gasteiger partial charge in [-0.05, 0) is 55.5 Å². The Morgan fingerprint density at radius 1 is 0.781 bits per heavy atom. The molecule has 0 bridgehead atoms. The normalized spacial score (nSPS) is 10.5. The van der Waals surface area contributed by atoms with Gasteiger partial charge in [0, 0.05) is 40.4 Å². The highest BCUT2D eigenvalue weighted by molar-refractivity contribution is 6.00. The van der Waals surface area contributed by atoms with Gasteiger partial charge in [-0.3, -0.25) is 4.98 Å². The predicted molar refractivity (Wildman–Crippen MR) is 128 cm³/mol. The molecule has 7 nitrogen and oxygen atoms in total. The van der Waals surface area contributed by atoms with Gasteiger partial charge in [0.25, 0.3) is 0 Å². The van der Waals surface area contributed by atoms with E-state index >= 15 is 0 Å². The van der Waals surface area contributed by atoms with Crippen molar-refractivity contribution in [2.45, 2.75) is 6.92 Å². The molecule has 162 valence electrons. The molecule has 0 spiro atoms. The van der Waals surface area contributed by atoms with E-state index < -0.39 is 0 Å². The summed E-state index contributed by atoms with van der Waals surface area (Å²) in [5.41, 5.74) is 5.11. The van der Waals surface area contributed by atoms with Crippen LogP contribution >= 0.6 is 0 Å². The molecule has 0 radical (unpaired) electrons. The molecule has 0 aliphatic carbocycles. The number of aromatic nitrogens is 1. The van der Waals surface area contributed by atoms with Crippen molar-refractivity contribution in [1.82, 2.24) is 4.98 Å². The van der Waals surface area contributed by atoms with Crippen molar-refractivity contribution in [3.8, 4) is 11.5 Å². The number of amides is 2. The maximum Gasteiger partial charge on any atom is 0.323 e. The molecular formula is C25H24N4O3. The van der Waals surface area contributed by atoms with Crippen molar-refractivity contribution in [2.24, 2.45) is 0 Å². The first-order chi connectivity index (χ1) is 15.6. The molecule has 0 fully saturated rings. The van der Waals surface area contributed by atoms with Crippen LogP contribution in [0.25, 0.3) is 10.9 Å². The topological polar surface area (TPSA) is 84.5 Å². The van der Waals surface area contributed by atoms with E-state index in [1.54, 1.807) is 20.4 Å². The number of nitrogens with zero attached hydrogens (tertiary/aromatic N) is 1. The van der Waals surface area contributed by atoms with Crippen LogP contribution in [0.3, 0.4) is 0 Å². The van der Waals surface area contributed by atoms with Crippen molar-refractivity contribution in [2.75, 3.05) is 30.2 Å². The Kier molecular flexibility index (Phi) is 6.07. The van der Waals surface area contributed by atoms with Crippen molar-refractivity contribution in [1.29, 1.82) is 0 Å². The van der Waals surface area contributed by atoms with Crippen LogP contribution in [-0.2, 0) is 0 Å². The number of fused-ring (bicyclic) bond motifs is 1. The van der Waals surface area contributed by atoms with Crippen molar-refractivity contribution in [3.63, 3.8) is 0 Å². The molecule has 0 aliphatic heterocycles. The Morgan fingerprint density at radius 2 is 1.34 bits per heavy atom. The monoisotopic (exact) mass is 428 g/mol. The van der Waals surface area contributed by atoms with Crippen molar-refractivity contribution >= 4 is 39.7 Å². The van der Waals surface area contributed by atoms with Crippen LogP contribution in [0.4, 0.5) is 27.5 Å². The van der Waals surface area contributed by atoms with E-state index in [2.05, 4.69) is 20.9 Å². The quantitative estimate of drug-likeness (QED) is 0.353. The number of benzene rings is 3. The van der Waals surface area contributed by atoms with E-state index in [1.807, 2.05) is 73.7 Å². The molecule has 0 unspecified atom stereocenters. The second-order valence-electron chi connectivity index (χ2n) is 7.23. The number of anilines is 4. The standard InChI is InChI=1S/C25H24N4O3/c1-16-4-6-18(7-5-16)28-25(30)29-19-10-8-17(9-11-19)27-21-12-13-26-22-15-24(32-3)23(31-2)14-20(21)22/h4-15H,1-3H3,(H,26,27)(H2,28,29,30). The highest BCUT2D eigenvalue weighted by Gasteiger charge is 2.10. The van der Waals surface area contributed by atoms with E-state index in [-0.39, 0.29) is 6.03 Å². The number of methoxy groups -OCH3 is 2. The number of aryl methyl sites for hydroxylation is 1. The molecule has 7 heteroatoms. The summed E-state index contributed by atoms with van der Waals surface area (Å²) < 4.78 is 10.8. The molecule has 2 amide bonds. The number of rotatable bonds is 6. The largest absolute Gasteiger partial charge is 0.493 e. The Balaban J connectivity index is 1.47. The van der Waals surface area contributed by atoms with E-state index in [0.29, 0.717) is 17.2 Å². The summed E-state index contributed by atoms with van der Waals surface area (Å²) in [6, 6.07) is 20.4. The molecule has 3 aromatic carbocycles. The SMILES string of the molecule is COc1cc2nccc(Nc3ccc(NC(=O)Nc4ccc(C)cc4)cc3)c2cc1OC. The first-order valence-corrected chi connectivity index (χ1v) is 10.1. The van der Waals surface area contributed by atoms with Gasteiger partial charge >= 0.3 is 6.03 Å². The number of urea groups is 1. The number of pyridine rings is 1. The summed E-state index contributed by atoms with van der Waals surface area (Å²) in [6.45, 7) is 2.00. The van der Waals surface area contributed by atoms with Crippen LogP contribution in [0.5, 0.6) is 11.5 Å². The molecule has 3 N–H and O–H groups in total. The van der Waals surface area contributed by atoms with Crippen molar-refractivity contribution in [3.05, 3.63) is 78.5 Å². The third-order valence-electron chi connectivity index (χ3n) is 4.98. The summed E-state index contributed by atoms with van der Waals surface area (Å²) in [5.74, 6) is 1.26. The fourth-order valence-corrected chi connectivity index (χ4v) is 3.30. The fourth-order valence-electron chi connectivity index (χ4n) is 3.30. The predicted octanol–water partition coefficient (Wildman–Crippen LogP) is 5.95. The molecule has 0 saturated heterocycles. The lowest BCUT2D eigenvalue weighted by Gasteiger charge is -2.13. The van der Waals surface area contributed by atoms with Gasteiger partial charge in [0.05, 0.1) is 19.7 Å². The molecule has 32 heavy (non-hydrogen) atoms. The maximum absolute atomic E-state index is 12.2. The third-order valence-corrected chi connectivity index (χ3v) is 4.98. The maximum atomic E-state index is 12.2. The highest BCUT2D eigenvalue weighted by Crippen LogP contribution is 2.35. The summed E-state index contributed by atoms with van der Waals surface area (Å²) in [6.07, 6.45) is 1.74. The Morgan fingerprint density at radius 3 is 1.97 bits per heavy atom. The van der Waals surface area contributed by atoms with Gasteiger partial charge in [-0.2, -0.15) is 0 Å². The molecule has 0 aliphatic rings. The zero-order valence-corrected chi connectivity index (χ0v) is 18.1. The van der Waals surface area contributed by atoms with Gasteiger partial charge in [-0.25, -0.2) is 4.79 Å². The van der Waals surface area contributed by atoms with E-state index in [1.165, 1.54) is 0 Å². The first kappa shape index (κ1) is 21.0. The van der Waals surface area contributed by atoms with Crippen LogP contribution in [0, 0.1) is 6.92 Å².